The minimum Gasteiger partial charge on any atom is -0.350 e. The molecule has 1 aromatic rings. The Morgan fingerprint density at radius 3 is 2.35 bits per heavy atom. The van der Waals surface area contributed by atoms with Crippen molar-refractivity contribution in [3.8, 4) is 0 Å². The number of nitrogens with one attached hydrogen (secondary N) is 2. The lowest BCUT2D eigenvalue weighted by molar-refractivity contribution is -0.127. The van der Waals surface area contributed by atoms with Crippen molar-refractivity contribution < 1.29 is 9.59 Å². The number of carbonyl (C=O) groups excluding carboxylic acids is 2. The second-order valence-corrected chi connectivity index (χ2v) is 5.33. The zero-order valence-corrected chi connectivity index (χ0v) is 12.4. The molecule has 0 heterocycles. The molecule has 1 rings (SSSR count). The molecule has 0 bridgehead atoms. The maximum absolute atomic E-state index is 11.6. The summed E-state index contributed by atoms with van der Waals surface area (Å²) < 4.78 is 0. The summed E-state index contributed by atoms with van der Waals surface area (Å²) >= 11 is 5.77. The molecule has 0 aliphatic carbocycles. The van der Waals surface area contributed by atoms with Crippen LogP contribution in [0.4, 0.5) is 0 Å². The van der Waals surface area contributed by atoms with Gasteiger partial charge < -0.3 is 16.4 Å². The van der Waals surface area contributed by atoms with Crippen LogP contribution in [0.5, 0.6) is 0 Å². The third-order valence-corrected chi connectivity index (χ3v) is 3.10. The standard InChI is InChI=1S/C14H20ClN3O2/c1-9(2)13(16)14(20)18-8-12(19)17-7-10-3-5-11(15)6-4-10/h3-6,9,13H,7-8,16H2,1-2H3,(H,17,19)(H,18,20)/t13-/m0/s1. The van der Waals surface area contributed by atoms with E-state index in [1.54, 1.807) is 12.1 Å². The molecule has 0 fully saturated rings. The van der Waals surface area contributed by atoms with Crippen LogP contribution in [0.3, 0.4) is 0 Å². The van der Waals surface area contributed by atoms with Crippen LogP contribution in [0, 0.1) is 5.92 Å². The number of benzene rings is 1. The van der Waals surface area contributed by atoms with Gasteiger partial charge in [0.25, 0.3) is 0 Å². The summed E-state index contributed by atoms with van der Waals surface area (Å²) in [6.45, 7) is 4.02. The van der Waals surface area contributed by atoms with Crippen LogP contribution >= 0.6 is 11.6 Å². The van der Waals surface area contributed by atoms with Crippen LogP contribution in [-0.2, 0) is 16.1 Å². The second kappa shape index (κ2) is 7.87. The van der Waals surface area contributed by atoms with Gasteiger partial charge in [-0.1, -0.05) is 37.6 Å². The van der Waals surface area contributed by atoms with Gasteiger partial charge in [-0.2, -0.15) is 0 Å². The van der Waals surface area contributed by atoms with E-state index >= 15 is 0 Å². The van der Waals surface area contributed by atoms with E-state index in [4.69, 9.17) is 17.3 Å². The first-order valence-electron chi connectivity index (χ1n) is 6.44. The van der Waals surface area contributed by atoms with Gasteiger partial charge in [0, 0.05) is 11.6 Å². The quantitative estimate of drug-likeness (QED) is 0.734. The number of carbonyl (C=O) groups is 2. The van der Waals surface area contributed by atoms with E-state index < -0.39 is 6.04 Å². The molecule has 2 amide bonds. The van der Waals surface area contributed by atoms with Gasteiger partial charge in [-0.15, -0.1) is 0 Å². The summed E-state index contributed by atoms with van der Waals surface area (Å²) in [6.07, 6.45) is 0. The van der Waals surface area contributed by atoms with Gasteiger partial charge in [0.2, 0.25) is 11.8 Å². The van der Waals surface area contributed by atoms with Crippen LogP contribution < -0.4 is 16.4 Å². The van der Waals surface area contributed by atoms with E-state index in [0.29, 0.717) is 11.6 Å². The minimum absolute atomic E-state index is 0.0344. The topological polar surface area (TPSA) is 84.2 Å². The van der Waals surface area contributed by atoms with Crippen LogP contribution in [0.15, 0.2) is 24.3 Å². The van der Waals surface area contributed by atoms with Gasteiger partial charge in [0.1, 0.15) is 0 Å². The minimum atomic E-state index is -0.598. The van der Waals surface area contributed by atoms with Crippen LogP contribution in [0.1, 0.15) is 19.4 Å². The predicted octanol–water partition coefficient (Wildman–Crippen LogP) is 1.06. The molecule has 110 valence electrons. The molecule has 0 aromatic heterocycles. The van der Waals surface area contributed by atoms with Crippen LogP contribution in [0.2, 0.25) is 5.02 Å². The van der Waals surface area contributed by atoms with Crippen molar-refractivity contribution in [2.24, 2.45) is 11.7 Å². The number of nitrogens with two attached hydrogens (primary N) is 1. The van der Waals surface area contributed by atoms with Crippen molar-refractivity contribution in [1.82, 2.24) is 10.6 Å². The Labute approximate surface area is 123 Å². The molecule has 0 aliphatic heterocycles. The van der Waals surface area contributed by atoms with Crippen molar-refractivity contribution in [2.75, 3.05) is 6.54 Å². The van der Waals surface area contributed by atoms with Crippen LogP contribution in [-0.4, -0.2) is 24.4 Å². The normalized spacial score (nSPS) is 12.1. The Bertz CT molecular complexity index is 460. The number of hydrogen-bond donors (Lipinski definition) is 3. The third kappa shape index (κ3) is 5.59. The van der Waals surface area contributed by atoms with Crippen LogP contribution in [0.25, 0.3) is 0 Å². The zero-order chi connectivity index (χ0) is 15.1. The Morgan fingerprint density at radius 1 is 1.20 bits per heavy atom. The maximum atomic E-state index is 11.6. The van der Waals surface area contributed by atoms with Crippen molar-refractivity contribution in [3.05, 3.63) is 34.9 Å². The number of hydrogen-bond acceptors (Lipinski definition) is 3. The van der Waals surface area contributed by atoms with E-state index in [0.717, 1.165) is 5.56 Å². The van der Waals surface area contributed by atoms with E-state index in [2.05, 4.69) is 10.6 Å². The molecule has 0 saturated carbocycles. The van der Waals surface area contributed by atoms with E-state index in [1.807, 2.05) is 26.0 Å². The highest BCUT2D eigenvalue weighted by atomic mass is 35.5. The predicted molar refractivity (Wildman–Crippen MR) is 79.1 cm³/mol. The number of halogens is 1. The molecule has 0 spiro atoms. The summed E-state index contributed by atoms with van der Waals surface area (Å²) in [7, 11) is 0. The first-order chi connectivity index (χ1) is 9.40. The molecular weight excluding hydrogens is 278 g/mol. The van der Waals surface area contributed by atoms with Crippen molar-refractivity contribution >= 4 is 23.4 Å². The van der Waals surface area contributed by atoms with Gasteiger partial charge in [0.15, 0.2) is 0 Å². The van der Waals surface area contributed by atoms with Gasteiger partial charge in [-0.3, -0.25) is 9.59 Å². The first kappa shape index (κ1) is 16.5. The highest BCUT2D eigenvalue weighted by molar-refractivity contribution is 6.30. The van der Waals surface area contributed by atoms with E-state index in [1.165, 1.54) is 0 Å². The third-order valence-electron chi connectivity index (χ3n) is 2.85. The van der Waals surface area contributed by atoms with E-state index in [-0.39, 0.29) is 24.3 Å². The average Bonchev–Trinajstić information content (AvgIpc) is 2.43. The number of amides is 2. The Hall–Kier alpha value is -1.59. The van der Waals surface area contributed by atoms with E-state index in [9.17, 15) is 9.59 Å². The summed E-state index contributed by atoms with van der Waals surface area (Å²) in [5, 5.41) is 5.86. The molecule has 0 aliphatic rings. The van der Waals surface area contributed by atoms with Gasteiger partial charge in [-0.25, -0.2) is 0 Å². The SMILES string of the molecule is CC(C)[C@H](N)C(=O)NCC(=O)NCc1ccc(Cl)cc1. The van der Waals surface area contributed by atoms with Crippen molar-refractivity contribution in [1.29, 1.82) is 0 Å². The fourth-order valence-electron chi connectivity index (χ4n) is 1.45. The second-order valence-electron chi connectivity index (χ2n) is 4.89. The van der Waals surface area contributed by atoms with Gasteiger partial charge in [0.05, 0.1) is 12.6 Å². The maximum Gasteiger partial charge on any atom is 0.239 e. The molecule has 4 N–H and O–H groups in total. The van der Waals surface area contributed by atoms with Gasteiger partial charge >= 0.3 is 0 Å². The lowest BCUT2D eigenvalue weighted by atomic mass is 10.1. The molecule has 20 heavy (non-hydrogen) atoms. The molecule has 1 aromatic carbocycles. The Kier molecular flexibility index (Phi) is 6.48. The summed E-state index contributed by atoms with van der Waals surface area (Å²) in [5.74, 6) is -0.543. The molecule has 1 atom stereocenters. The average molecular weight is 298 g/mol. The molecule has 0 saturated heterocycles. The molecule has 0 unspecified atom stereocenters. The molecule has 0 radical (unpaired) electrons. The lowest BCUT2D eigenvalue weighted by Crippen LogP contribution is -2.47. The Morgan fingerprint density at radius 2 is 1.80 bits per heavy atom. The fourth-order valence-corrected chi connectivity index (χ4v) is 1.58. The highest BCUT2D eigenvalue weighted by Crippen LogP contribution is 2.08. The Balaban J connectivity index is 2.30. The number of rotatable bonds is 6. The summed E-state index contributed by atoms with van der Waals surface area (Å²) in [6, 6.07) is 6.57. The largest absolute Gasteiger partial charge is 0.350 e. The fraction of sp³-hybridized carbons (Fsp3) is 0.429. The van der Waals surface area contributed by atoms with Gasteiger partial charge in [-0.05, 0) is 23.6 Å². The summed E-state index contributed by atoms with van der Waals surface area (Å²) in [4.78, 5) is 23.2. The zero-order valence-electron chi connectivity index (χ0n) is 11.7. The van der Waals surface area contributed by atoms with Crippen molar-refractivity contribution in [2.45, 2.75) is 26.4 Å². The first-order valence-corrected chi connectivity index (χ1v) is 6.82. The highest BCUT2D eigenvalue weighted by Gasteiger charge is 2.17. The summed E-state index contributed by atoms with van der Waals surface area (Å²) in [5.41, 5.74) is 6.61. The molecule has 5 nitrogen and oxygen atoms in total. The smallest absolute Gasteiger partial charge is 0.239 e. The molecular formula is C14H20ClN3O2. The van der Waals surface area contributed by atoms with Crippen molar-refractivity contribution in [3.63, 3.8) is 0 Å². The lowest BCUT2D eigenvalue weighted by Gasteiger charge is -2.15. The molecule has 6 heteroatoms. The monoisotopic (exact) mass is 297 g/mol.